The van der Waals surface area contributed by atoms with Gasteiger partial charge < -0.3 is 9.62 Å². The first-order valence-corrected chi connectivity index (χ1v) is 13.0. The van der Waals surface area contributed by atoms with Crippen LogP contribution in [-0.4, -0.2) is 29.9 Å². The van der Waals surface area contributed by atoms with Crippen molar-refractivity contribution < 1.29 is 32.0 Å². The summed E-state index contributed by atoms with van der Waals surface area (Å²) in [4.78, 5) is 22.1. The van der Waals surface area contributed by atoms with Crippen molar-refractivity contribution in [2.24, 2.45) is 11.0 Å². The molecule has 0 unspecified atom stereocenters. The van der Waals surface area contributed by atoms with Crippen LogP contribution in [0.4, 0.5) is 18.3 Å². The number of rotatable bonds is 10. The van der Waals surface area contributed by atoms with Gasteiger partial charge in [-0.2, -0.15) is 18.3 Å². The average Bonchev–Trinajstić information content (AvgIpc) is 3.31. The van der Waals surface area contributed by atoms with Crippen molar-refractivity contribution in [2.45, 2.75) is 51.1 Å². The molecule has 4 rings (SSSR count). The summed E-state index contributed by atoms with van der Waals surface area (Å²) in [5.41, 5.74) is 1.06. The molecule has 2 aromatic carbocycles. The molecule has 0 atom stereocenters. The highest BCUT2D eigenvalue weighted by Crippen LogP contribution is 2.31. The van der Waals surface area contributed by atoms with Gasteiger partial charge in [0.1, 0.15) is 17.6 Å². The topological polar surface area (TPSA) is 73.2 Å². The second kappa shape index (κ2) is 12.6. The summed E-state index contributed by atoms with van der Waals surface area (Å²) in [6.45, 7) is -0.0195. The minimum absolute atomic E-state index is 0.0195. The van der Waals surface area contributed by atoms with Gasteiger partial charge in [-0.1, -0.05) is 47.2 Å². The van der Waals surface area contributed by atoms with Crippen molar-refractivity contribution in [3.05, 3.63) is 48.0 Å². The summed E-state index contributed by atoms with van der Waals surface area (Å²) in [5, 5.41) is 6.25. The van der Waals surface area contributed by atoms with E-state index in [1.165, 1.54) is 40.8 Å². The standard InChI is InChI=1S/C25H25ClF3N3O4S/c26-36-35-21-12-11-19(34-23(33)17-7-2-1-3-8-17)15-18(21)16-30-32(14-6-13-25(27,28)29)24-31-20-9-4-5-10-22(20)37-24/h4-5,9-12,15-17H,1-3,6-8,13-14H2/b30-16+. The molecule has 198 valence electrons. The maximum absolute atomic E-state index is 12.8. The number of nitrogens with zero attached hydrogens (tertiary/aromatic N) is 3. The molecule has 0 bridgehead atoms. The van der Waals surface area contributed by atoms with E-state index in [1.54, 1.807) is 0 Å². The Balaban J connectivity index is 1.57. The SMILES string of the molecule is O=C(Oc1ccc(OOCl)c(/C=N/N(CCCC(F)(F)F)c2nc3ccccc3s2)c1)C1CCCCC1. The molecule has 1 aliphatic carbocycles. The fraction of sp³-hybridized carbons (Fsp3) is 0.400. The highest BCUT2D eigenvalue weighted by molar-refractivity contribution is 7.22. The highest BCUT2D eigenvalue weighted by Gasteiger charge is 2.27. The maximum atomic E-state index is 12.8. The van der Waals surface area contributed by atoms with Crippen LogP contribution in [0.15, 0.2) is 47.6 Å². The highest BCUT2D eigenvalue weighted by atomic mass is 35.5. The lowest BCUT2D eigenvalue weighted by atomic mass is 9.89. The van der Waals surface area contributed by atoms with Gasteiger partial charge in [0.2, 0.25) is 5.13 Å². The van der Waals surface area contributed by atoms with Gasteiger partial charge in [0, 0.05) is 18.5 Å². The number of carbonyl (C=O) groups is 1. The Labute approximate surface area is 220 Å². The van der Waals surface area contributed by atoms with Crippen molar-refractivity contribution in [1.82, 2.24) is 4.98 Å². The lowest BCUT2D eigenvalue weighted by Gasteiger charge is -2.20. The van der Waals surface area contributed by atoms with E-state index in [1.807, 2.05) is 24.3 Å². The van der Waals surface area contributed by atoms with E-state index in [4.69, 9.17) is 21.5 Å². The zero-order chi connectivity index (χ0) is 26.3. The van der Waals surface area contributed by atoms with Crippen molar-refractivity contribution in [3.63, 3.8) is 0 Å². The molecule has 0 saturated heterocycles. The first kappa shape index (κ1) is 27.2. The number of fused-ring (bicyclic) bond motifs is 1. The number of halogens is 4. The molecule has 1 aromatic heterocycles. The van der Waals surface area contributed by atoms with Crippen molar-refractivity contribution in [1.29, 1.82) is 0 Å². The molecule has 0 amide bonds. The number of hydrogen-bond acceptors (Lipinski definition) is 8. The summed E-state index contributed by atoms with van der Waals surface area (Å²) in [7, 11) is 0. The zero-order valence-electron chi connectivity index (χ0n) is 19.7. The summed E-state index contributed by atoms with van der Waals surface area (Å²) in [6, 6.07) is 12.0. The molecule has 1 heterocycles. The molecule has 3 aromatic rings. The molecule has 37 heavy (non-hydrogen) atoms. The predicted octanol–water partition coefficient (Wildman–Crippen LogP) is 7.43. The lowest BCUT2D eigenvalue weighted by Crippen LogP contribution is -2.22. The molecule has 1 fully saturated rings. The number of benzene rings is 2. The third-order valence-corrected chi connectivity index (χ3v) is 7.04. The van der Waals surface area contributed by atoms with Gasteiger partial charge in [0.15, 0.2) is 5.75 Å². The summed E-state index contributed by atoms with van der Waals surface area (Å²) < 4.78 is 49.1. The quantitative estimate of drug-likeness (QED) is 0.0851. The van der Waals surface area contributed by atoms with Crippen molar-refractivity contribution in [2.75, 3.05) is 11.6 Å². The summed E-state index contributed by atoms with van der Waals surface area (Å²) in [6.07, 6.45) is 0.660. The normalized spacial score (nSPS) is 14.8. The second-order valence-corrected chi connectivity index (χ2v) is 9.79. The van der Waals surface area contributed by atoms with Gasteiger partial charge in [-0.05, 0) is 49.6 Å². The van der Waals surface area contributed by atoms with Gasteiger partial charge in [-0.3, -0.25) is 4.79 Å². The van der Waals surface area contributed by atoms with E-state index in [2.05, 4.69) is 14.5 Å². The van der Waals surface area contributed by atoms with Crippen molar-refractivity contribution in [3.8, 4) is 11.5 Å². The molecule has 1 saturated carbocycles. The molecule has 0 radical (unpaired) electrons. The summed E-state index contributed by atoms with van der Waals surface area (Å²) >= 11 is 6.58. The third kappa shape index (κ3) is 7.80. The monoisotopic (exact) mass is 555 g/mol. The molecule has 0 spiro atoms. The molecular weight excluding hydrogens is 531 g/mol. The van der Waals surface area contributed by atoms with Crippen LogP contribution in [0.25, 0.3) is 10.2 Å². The van der Waals surface area contributed by atoms with E-state index < -0.39 is 12.6 Å². The smallest absolute Gasteiger partial charge is 0.389 e. The lowest BCUT2D eigenvalue weighted by molar-refractivity contribution is -0.140. The Bertz CT molecular complexity index is 1200. The predicted molar refractivity (Wildman–Crippen MR) is 136 cm³/mol. The van der Waals surface area contributed by atoms with Crippen LogP contribution in [0.1, 0.15) is 50.5 Å². The van der Waals surface area contributed by atoms with E-state index in [0.29, 0.717) is 10.7 Å². The van der Waals surface area contributed by atoms with E-state index in [-0.39, 0.29) is 36.4 Å². The maximum Gasteiger partial charge on any atom is 0.389 e. The number of hydrazone groups is 1. The molecule has 1 aliphatic rings. The number of ether oxygens (including phenoxy) is 1. The third-order valence-electron chi connectivity index (χ3n) is 5.93. The average molecular weight is 556 g/mol. The van der Waals surface area contributed by atoms with Crippen LogP contribution in [0.5, 0.6) is 11.5 Å². The van der Waals surface area contributed by atoms with E-state index >= 15 is 0 Å². The van der Waals surface area contributed by atoms with E-state index in [0.717, 1.165) is 42.3 Å². The summed E-state index contributed by atoms with van der Waals surface area (Å²) in [5.74, 6) is 0.0162. The first-order chi connectivity index (χ1) is 17.8. The fourth-order valence-corrected chi connectivity index (χ4v) is 5.09. The van der Waals surface area contributed by atoms with Crippen molar-refractivity contribution >= 4 is 50.7 Å². The molecule has 0 N–H and O–H groups in total. The Hall–Kier alpha value is -2.89. The Morgan fingerprint density at radius 2 is 1.97 bits per heavy atom. The Morgan fingerprint density at radius 3 is 2.70 bits per heavy atom. The number of carbonyl (C=O) groups excluding carboxylic acids is 1. The number of anilines is 1. The van der Waals surface area contributed by atoms with E-state index in [9.17, 15) is 18.0 Å². The van der Waals surface area contributed by atoms with Gasteiger partial charge in [-0.15, -0.1) is 0 Å². The minimum atomic E-state index is -4.28. The first-order valence-electron chi connectivity index (χ1n) is 11.9. The van der Waals surface area contributed by atoms with Gasteiger partial charge in [0.05, 0.1) is 22.3 Å². The number of aromatic nitrogens is 1. The van der Waals surface area contributed by atoms with Crippen LogP contribution >= 0.6 is 23.2 Å². The van der Waals surface area contributed by atoms with Gasteiger partial charge in [-0.25, -0.2) is 9.99 Å². The van der Waals surface area contributed by atoms with Crippen LogP contribution in [0.3, 0.4) is 0 Å². The van der Waals surface area contributed by atoms with Crippen LogP contribution < -0.4 is 14.6 Å². The van der Waals surface area contributed by atoms with Gasteiger partial charge in [0.25, 0.3) is 0 Å². The Kier molecular flexibility index (Phi) is 9.23. The van der Waals surface area contributed by atoms with Crippen LogP contribution in [0, 0.1) is 5.92 Å². The van der Waals surface area contributed by atoms with Crippen LogP contribution in [0.2, 0.25) is 0 Å². The van der Waals surface area contributed by atoms with Crippen LogP contribution in [-0.2, 0) is 9.23 Å². The minimum Gasteiger partial charge on any atom is -0.426 e. The Morgan fingerprint density at radius 1 is 1.19 bits per heavy atom. The second-order valence-electron chi connectivity index (χ2n) is 8.65. The zero-order valence-corrected chi connectivity index (χ0v) is 21.3. The molecule has 12 heteroatoms. The molecule has 0 aliphatic heterocycles. The molecule has 7 nitrogen and oxygen atoms in total. The molecular formula is C25H25ClF3N3O4S. The largest absolute Gasteiger partial charge is 0.426 e. The fourth-order valence-electron chi connectivity index (χ4n) is 4.07. The van der Waals surface area contributed by atoms with Gasteiger partial charge >= 0.3 is 12.1 Å². The number of thiazole rings is 1. The number of alkyl halides is 3. The number of esters is 1. The number of hydrogen-bond donors (Lipinski definition) is 0. The number of para-hydroxylation sites is 1.